The molecule has 1 heterocycles. The van der Waals surface area contributed by atoms with Gasteiger partial charge in [0.15, 0.2) is 0 Å². The molecule has 0 spiro atoms. The molecule has 0 aliphatic carbocycles. The second kappa shape index (κ2) is 10.5. The number of halogens is 2. The summed E-state index contributed by atoms with van der Waals surface area (Å²) < 4.78 is 32.9. The highest BCUT2D eigenvalue weighted by Gasteiger charge is 2.22. The van der Waals surface area contributed by atoms with Crippen molar-refractivity contribution >= 4 is 23.2 Å². The number of hydrogen-bond donors (Lipinski definition) is 1. The molecule has 0 unspecified atom stereocenters. The van der Waals surface area contributed by atoms with Gasteiger partial charge < -0.3 is 14.6 Å². The third kappa shape index (κ3) is 5.99. The number of nitrogens with one attached hydrogen (secondary N) is 1. The topological polar surface area (TPSA) is 65.8 Å². The van der Waals surface area contributed by atoms with Gasteiger partial charge in [-0.1, -0.05) is 31.2 Å². The summed E-state index contributed by atoms with van der Waals surface area (Å²) in [6, 6.07) is 16.0. The number of carbonyl (C=O) groups excluding carboxylic acids is 2. The Morgan fingerprint density at radius 3 is 2.26 bits per heavy atom. The van der Waals surface area contributed by atoms with E-state index in [0.29, 0.717) is 18.0 Å². The van der Waals surface area contributed by atoms with Crippen LogP contribution >= 0.6 is 0 Å². The molecular weight excluding hydrogens is 404 g/mol. The zero-order valence-electron chi connectivity index (χ0n) is 17.1. The molecular formula is C23H23F2N3O3. The first kappa shape index (κ1) is 22.2. The number of furan rings is 1. The molecule has 0 fully saturated rings. The Kier molecular flexibility index (Phi) is 7.50. The number of para-hydroxylation sites is 2. The van der Waals surface area contributed by atoms with Crippen LogP contribution < -0.4 is 10.2 Å². The summed E-state index contributed by atoms with van der Waals surface area (Å²) in [5.74, 6) is -1.96. The Hall–Kier alpha value is -3.52. The number of rotatable bonds is 9. The van der Waals surface area contributed by atoms with Crippen LogP contribution in [0.2, 0.25) is 0 Å². The maximum Gasteiger partial charge on any atom is 0.241 e. The van der Waals surface area contributed by atoms with Crippen molar-refractivity contribution in [1.82, 2.24) is 4.90 Å². The van der Waals surface area contributed by atoms with Gasteiger partial charge in [0.25, 0.3) is 0 Å². The van der Waals surface area contributed by atoms with Crippen molar-refractivity contribution in [3.05, 3.63) is 84.3 Å². The van der Waals surface area contributed by atoms with Crippen LogP contribution in [0.5, 0.6) is 0 Å². The van der Waals surface area contributed by atoms with E-state index < -0.39 is 23.2 Å². The number of carbonyl (C=O) groups is 2. The van der Waals surface area contributed by atoms with E-state index in [9.17, 15) is 18.4 Å². The lowest BCUT2D eigenvalue weighted by atomic mass is 10.2. The number of likely N-dealkylation sites (N-methyl/N-ethyl adjacent to an activating group) is 1. The monoisotopic (exact) mass is 427 g/mol. The van der Waals surface area contributed by atoms with Crippen LogP contribution in [0, 0.1) is 11.6 Å². The Morgan fingerprint density at radius 1 is 0.935 bits per heavy atom. The van der Waals surface area contributed by atoms with Crippen LogP contribution in [0.25, 0.3) is 0 Å². The van der Waals surface area contributed by atoms with Crippen molar-refractivity contribution in [3.8, 4) is 0 Å². The minimum absolute atomic E-state index is 0.0563. The summed E-state index contributed by atoms with van der Waals surface area (Å²) in [7, 11) is 0. The number of amides is 2. The predicted molar refractivity (Wildman–Crippen MR) is 113 cm³/mol. The fraction of sp³-hybridized carbons (Fsp3) is 0.217. The average Bonchev–Trinajstić information content (AvgIpc) is 3.28. The second-order valence-corrected chi connectivity index (χ2v) is 6.84. The van der Waals surface area contributed by atoms with Crippen LogP contribution in [0.4, 0.5) is 20.2 Å². The van der Waals surface area contributed by atoms with E-state index in [0.717, 1.165) is 12.1 Å². The molecule has 0 atom stereocenters. The van der Waals surface area contributed by atoms with Gasteiger partial charge in [0.1, 0.15) is 23.1 Å². The first-order chi connectivity index (χ1) is 15.0. The quantitative estimate of drug-likeness (QED) is 0.560. The lowest BCUT2D eigenvalue weighted by Crippen LogP contribution is -2.43. The lowest BCUT2D eigenvalue weighted by Gasteiger charge is -2.26. The molecule has 0 radical (unpaired) electrons. The molecule has 3 aromatic rings. The number of nitrogens with zero attached hydrogens (tertiary/aromatic N) is 2. The Labute approximate surface area is 179 Å². The van der Waals surface area contributed by atoms with E-state index >= 15 is 0 Å². The molecule has 1 N–H and O–H groups in total. The minimum Gasteiger partial charge on any atom is -0.467 e. The Balaban J connectivity index is 1.68. The van der Waals surface area contributed by atoms with Crippen molar-refractivity contribution < 1.29 is 22.8 Å². The highest BCUT2D eigenvalue weighted by atomic mass is 19.1. The number of anilines is 2. The number of benzene rings is 2. The van der Waals surface area contributed by atoms with Gasteiger partial charge in [-0.2, -0.15) is 0 Å². The molecule has 6 nitrogen and oxygen atoms in total. The standard InChI is InChI=1S/C23H23F2N3O3/c1-2-27(15-21(29)26-23-19(24)11-6-12-20(23)25)16-22(30)28(14-18-10-7-13-31-18)17-8-4-3-5-9-17/h3-13H,2,14-16H2,1H3,(H,26,29). The van der Waals surface area contributed by atoms with Crippen molar-refractivity contribution in [2.45, 2.75) is 13.5 Å². The summed E-state index contributed by atoms with van der Waals surface area (Å²) in [4.78, 5) is 28.6. The van der Waals surface area contributed by atoms with Gasteiger partial charge in [-0.25, -0.2) is 8.78 Å². The van der Waals surface area contributed by atoms with Crippen molar-refractivity contribution in [1.29, 1.82) is 0 Å². The van der Waals surface area contributed by atoms with Gasteiger partial charge >= 0.3 is 0 Å². The SMILES string of the molecule is CCN(CC(=O)Nc1c(F)cccc1F)CC(=O)N(Cc1ccco1)c1ccccc1. The molecule has 0 aliphatic heterocycles. The smallest absolute Gasteiger partial charge is 0.241 e. The molecule has 8 heteroatoms. The normalized spacial score (nSPS) is 10.8. The first-order valence-corrected chi connectivity index (χ1v) is 9.82. The van der Waals surface area contributed by atoms with E-state index in [1.165, 1.54) is 12.3 Å². The minimum atomic E-state index is -0.860. The summed E-state index contributed by atoms with van der Waals surface area (Å²) in [6.07, 6.45) is 1.54. The molecule has 0 bridgehead atoms. The van der Waals surface area contributed by atoms with Gasteiger partial charge in [-0.15, -0.1) is 0 Å². The second-order valence-electron chi connectivity index (χ2n) is 6.84. The molecule has 2 aromatic carbocycles. The average molecular weight is 427 g/mol. The van der Waals surface area contributed by atoms with Crippen LogP contribution in [0.1, 0.15) is 12.7 Å². The van der Waals surface area contributed by atoms with E-state index in [4.69, 9.17) is 4.42 Å². The number of hydrogen-bond acceptors (Lipinski definition) is 4. The van der Waals surface area contributed by atoms with Crippen molar-refractivity contribution in [3.63, 3.8) is 0 Å². The van der Waals surface area contributed by atoms with Crippen LogP contribution in [-0.2, 0) is 16.1 Å². The Morgan fingerprint density at radius 2 is 1.65 bits per heavy atom. The maximum absolute atomic E-state index is 13.8. The molecule has 31 heavy (non-hydrogen) atoms. The van der Waals surface area contributed by atoms with Gasteiger partial charge in [0.2, 0.25) is 11.8 Å². The summed E-state index contributed by atoms with van der Waals surface area (Å²) in [5.41, 5.74) is 0.191. The van der Waals surface area contributed by atoms with Crippen LogP contribution in [0.3, 0.4) is 0 Å². The van der Waals surface area contributed by atoms with E-state index in [1.807, 2.05) is 30.3 Å². The first-order valence-electron chi connectivity index (χ1n) is 9.82. The zero-order chi connectivity index (χ0) is 22.2. The van der Waals surface area contributed by atoms with Crippen molar-refractivity contribution in [2.24, 2.45) is 0 Å². The summed E-state index contributed by atoms with van der Waals surface area (Å²) in [6.45, 7) is 2.17. The summed E-state index contributed by atoms with van der Waals surface area (Å²) in [5, 5.41) is 2.24. The van der Waals surface area contributed by atoms with Crippen molar-refractivity contribution in [2.75, 3.05) is 29.9 Å². The molecule has 162 valence electrons. The summed E-state index contributed by atoms with van der Waals surface area (Å²) >= 11 is 0. The van der Waals surface area contributed by atoms with Crippen LogP contribution in [-0.4, -0.2) is 36.3 Å². The van der Waals surface area contributed by atoms with E-state index in [1.54, 1.807) is 28.9 Å². The molecule has 0 saturated carbocycles. The third-order valence-electron chi connectivity index (χ3n) is 4.66. The maximum atomic E-state index is 13.8. The van der Waals surface area contributed by atoms with E-state index in [2.05, 4.69) is 5.32 Å². The fourth-order valence-corrected chi connectivity index (χ4v) is 3.05. The highest BCUT2D eigenvalue weighted by molar-refractivity contribution is 5.96. The largest absolute Gasteiger partial charge is 0.467 e. The molecule has 0 aliphatic rings. The van der Waals surface area contributed by atoms with E-state index in [-0.39, 0.29) is 25.5 Å². The molecule has 1 aromatic heterocycles. The van der Waals surface area contributed by atoms with Crippen LogP contribution in [0.15, 0.2) is 71.3 Å². The highest BCUT2D eigenvalue weighted by Crippen LogP contribution is 2.19. The fourth-order valence-electron chi connectivity index (χ4n) is 3.05. The predicted octanol–water partition coefficient (Wildman–Crippen LogP) is 4.05. The lowest BCUT2D eigenvalue weighted by molar-refractivity contribution is -0.121. The van der Waals surface area contributed by atoms with Gasteiger partial charge in [0.05, 0.1) is 25.9 Å². The zero-order valence-corrected chi connectivity index (χ0v) is 17.1. The third-order valence-corrected chi connectivity index (χ3v) is 4.66. The van der Waals surface area contributed by atoms with Gasteiger partial charge in [-0.3, -0.25) is 14.5 Å². The van der Waals surface area contributed by atoms with Gasteiger partial charge in [-0.05, 0) is 42.9 Å². The Bertz CT molecular complexity index is 990. The molecule has 3 rings (SSSR count). The molecule has 2 amide bonds. The van der Waals surface area contributed by atoms with Gasteiger partial charge in [0, 0.05) is 5.69 Å². The molecule has 0 saturated heterocycles.